The van der Waals surface area contributed by atoms with Gasteiger partial charge in [-0.3, -0.25) is 9.69 Å². The van der Waals surface area contributed by atoms with Crippen LogP contribution < -0.4 is 0 Å². The molecule has 1 aromatic carbocycles. The Morgan fingerprint density at radius 2 is 2.04 bits per heavy atom. The zero-order valence-corrected chi connectivity index (χ0v) is 13.4. The van der Waals surface area contributed by atoms with Gasteiger partial charge in [-0.05, 0) is 31.5 Å². The fourth-order valence-electron chi connectivity index (χ4n) is 2.82. The maximum absolute atomic E-state index is 12.6. The van der Waals surface area contributed by atoms with Crippen LogP contribution in [-0.2, 0) is 17.5 Å². The summed E-state index contributed by atoms with van der Waals surface area (Å²) in [5.41, 5.74) is 0.669. The molecule has 1 atom stereocenters. The number of carboxylic acids is 1. The molecule has 1 aliphatic heterocycles. The molecule has 1 unspecified atom stereocenters. The number of hydrogen-bond acceptors (Lipinski definition) is 4. The second kappa shape index (κ2) is 6.52. The van der Waals surface area contributed by atoms with Crippen LogP contribution in [0.25, 0.3) is 10.6 Å². The summed E-state index contributed by atoms with van der Waals surface area (Å²) < 4.78 is 37.8. The first-order chi connectivity index (χ1) is 11.3. The van der Waals surface area contributed by atoms with Gasteiger partial charge in [-0.15, -0.1) is 11.3 Å². The van der Waals surface area contributed by atoms with Gasteiger partial charge in [-0.2, -0.15) is 13.2 Å². The Labute approximate surface area is 140 Å². The SMILES string of the molecule is O=C(O)C1CCCN1Cc1csc(-c2ccc(C(F)(F)F)cc2)n1. The molecule has 1 aromatic heterocycles. The summed E-state index contributed by atoms with van der Waals surface area (Å²) in [6, 6.07) is 4.40. The van der Waals surface area contributed by atoms with Gasteiger partial charge < -0.3 is 5.11 Å². The van der Waals surface area contributed by atoms with E-state index in [-0.39, 0.29) is 0 Å². The number of carbonyl (C=O) groups is 1. The number of aromatic nitrogens is 1. The second-order valence-electron chi connectivity index (χ2n) is 5.69. The summed E-state index contributed by atoms with van der Waals surface area (Å²) >= 11 is 1.34. The Morgan fingerprint density at radius 1 is 1.33 bits per heavy atom. The zero-order chi connectivity index (χ0) is 17.3. The highest BCUT2D eigenvalue weighted by Crippen LogP contribution is 2.32. The Morgan fingerprint density at radius 3 is 2.67 bits per heavy atom. The highest BCUT2D eigenvalue weighted by atomic mass is 32.1. The third kappa shape index (κ3) is 3.59. The Balaban J connectivity index is 1.72. The Bertz CT molecular complexity index is 728. The van der Waals surface area contributed by atoms with Crippen LogP contribution in [0.15, 0.2) is 29.6 Å². The Hall–Kier alpha value is -1.93. The van der Waals surface area contributed by atoms with Gasteiger partial charge in [0.25, 0.3) is 0 Å². The van der Waals surface area contributed by atoms with E-state index in [2.05, 4.69) is 4.98 Å². The van der Waals surface area contributed by atoms with Gasteiger partial charge >= 0.3 is 12.1 Å². The van der Waals surface area contributed by atoms with E-state index in [4.69, 9.17) is 0 Å². The third-order valence-corrected chi connectivity index (χ3v) is 4.96. The van der Waals surface area contributed by atoms with Crippen LogP contribution in [0.1, 0.15) is 24.1 Å². The second-order valence-corrected chi connectivity index (χ2v) is 6.54. The predicted octanol–water partition coefficient (Wildman–Crippen LogP) is 3.88. The molecule has 0 amide bonds. The lowest BCUT2D eigenvalue weighted by molar-refractivity contribution is -0.142. The molecular weight excluding hydrogens is 341 g/mol. The van der Waals surface area contributed by atoms with E-state index in [9.17, 15) is 23.1 Å². The van der Waals surface area contributed by atoms with Crippen molar-refractivity contribution in [2.45, 2.75) is 31.6 Å². The monoisotopic (exact) mass is 356 g/mol. The van der Waals surface area contributed by atoms with E-state index >= 15 is 0 Å². The number of aliphatic carboxylic acids is 1. The lowest BCUT2D eigenvalue weighted by Gasteiger charge is -2.19. The van der Waals surface area contributed by atoms with E-state index in [1.54, 1.807) is 0 Å². The lowest BCUT2D eigenvalue weighted by Crippen LogP contribution is -2.35. The molecule has 1 aliphatic rings. The number of thiazole rings is 1. The van der Waals surface area contributed by atoms with Crippen molar-refractivity contribution < 1.29 is 23.1 Å². The van der Waals surface area contributed by atoms with Crippen LogP contribution in [0.4, 0.5) is 13.2 Å². The summed E-state index contributed by atoms with van der Waals surface area (Å²) in [4.78, 5) is 17.5. The number of rotatable bonds is 4. The van der Waals surface area contributed by atoms with Gasteiger partial charge in [0.15, 0.2) is 0 Å². The first kappa shape index (κ1) is 16.9. The number of likely N-dealkylation sites (tertiary alicyclic amines) is 1. The zero-order valence-electron chi connectivity index (χ0n) is 12.6. The van der Waals surface area contributed by atoms with E-state index in [1.807, 2.05) is 10.3 Å². The first-order valence-corrected chi connectivity index (χ1v) is 8.31. The van der Waals surface area contributed by atoms with Crippen LogP contribution in [0, 0.1) is 0 Å². The van der Waals surface area contributed by atoms with Gasteiger partial charge in [-0.1, -0.05) is 12.1 Å². The molecule has 1 N–H and O–H groups in total. The number of alkyl halides is 3. The van der Waals surface area contributed by atoms with Crippen molar-refractivity contribution in [3.8, 4) is 10.6 Å². The van der Waals surface area contributed by atoms with Crippen molar-refractivity contribution in [2.75, 3.05) is 6.54 Å². The minimum atomic E-state index is -4.35. The summed E-state index contributed by atoms with van der Waals surface area (Å²) in [5.74, 6) is -0.828. The molecule has 0 radical (unpaired) electrons. The third-order valence-electron chi connectivity index (χ3n) is 4.02. The molecule has 128 valence electrons. The molecule has 0 saturated carbocycles. The van der Waals surface area contributed by atoms with Crippen molar-refractivity contribution in [2.24, 2.45) is 0 Å². The molecule has 0 spiro atoms. The maximum Gasteiger partial charge on any atom is 0.416 e. The van der Waals surface area contributed by atoms with Crippen LogP contribution in [0.5, 0.6) is 0 Å². The molecular formula is C16H15F3N2O2S. The first-order valence-electron chi connectivity index (χ1n) is 7.43. The molecule has 8 heteroatoms. The minimum absolute atomic E-state index is 0.439. The van der Waals surface area contributed by atoms with Crippen LogP contribution in [-0.4, -0.2) is 33.5 Å². The van der Waals surface area contributed by atoms with Gasteiger partial charge in [0.1, 0.15) is 11.0 Å². The highest BCUT2D eigenvalue weighted by molar-refractivity contribution is 7.13. The quantitative estimate of drug-likeness (QED) is 0.903. The van der Waals surface area contributed by atoms with Gasteiger partial charge in [-0.25, -0.2) is 4.98 Å². The average Bonchev–Trinajstić information content (AvgIpc) is 3.16. The van der Waals surface area contributed by atoms with Crippen molar-refractivity contribution >= 4 is 17.3 Å². The van der Waals surface area contributed by atoms with E-state index in [0.29, 0.717) is 30.1 Å². The molecule has 1 saturated heterocycles. The smallest absolute Gasteiger partial charge is 0.416 e. The minimum Gasteiger partial charge on any atom is -0.480 e. The van der Waals surface area contributed by atoms with Gasteiger partial charge in [0.2, 0.25) is 0 Å². The molecule has 2 aromatic rings. The molecule has 0 bridgehead atoms. The number of halogens is 3. The largest absolute Gasteiger partial charge is 0.480 e. The van der Waals surface area contributed by atoms with Crippen molar-refractivity contribution in [1.82, 2.24) is 9.88 Å². The lowest BCUT2D eigenvalue weighted by atomic mass is 10.1. The summed E-state index contributed by atoms with van der Waals surface area (Å²) in [5, 5.41) is 11.6. The average molecular weight is 356 g/mol. The summed E-state index contributed by atoms with van der Waals surface area (Å²) in [7, 11) is 0. The van der Waals surface area contributed by atoms with Crippen LogP contribution >= 0.6 is 11.3 Å². The fraction of sp³-hybridized carbons (Fsp3) is 0.375. The molecule has 3 rings (SSSR count). The van der Waals surface area contributed by atoms with Gasteiger partial charge in [0.05, 0.1) is 11.3 Å². The topological polar surface area (TPSA) is 53.4 Å². The summed E-state index contributed by atoms with van der Waals surface area (Å²) in [6.07, 6.45) is -2.88. The molecule has 4 nitrogen and oxygen atoms in total. The fourth-order valence-corrected chi connectivity index (χ4v) is 3.63. The number of carboxylic acid groups (broad SMARTS) is 1. The van der Waals surface area contributed by atoms with E-state index in [0.717, 1.165) is 24.2 Å². The number of nitrogens with zero attached hydrogens (tertiary/aromatic N) is 2. The maximum atomic E-state index is 12.6. The predicted molar refractivity (Wildman–Crippen MR) is 83.6 cm³/mol. The number of hydrogen-bond donors (Lipinski definition) is 1. The molecule has 2 heterocycles. The van der Waals surface area contributed by atoms with Crippen LogP contribution in [0.2, 0.25) is 0 Å². The van der Waals surface area contributed by atoms with Crippen molar-refractivity contribution in [1.29, 1.82) is 0 Å². The standard InChI is InChI=1S/C16H15F3N2O2S/c17-16(18,19)11-5-3-10(4-6-11)14-20-12(9-24-14)8-21-7-1-2-13(21)15(22)23/h3-6,9,13H,1-2,7-8H2,(H,22,23). The van der Waals surface area contributed by atoms with Crippen molar-refractivity contribution in [3.63, 3.8) is 0 Å². The highest BCUT2D eigenvalue weighted by Gasteiger charge is 2.31. The molecule has 24 heavy (non-hydrogen) atoms. The molecule has 1 fully saturated rings. The normalized spacial score (nSPS) is 18.9. The number of benzene rings is 1. The van der Waals surface area contributed by atoms with E-state index < -0.39 is 23.8 Å². The van der Waals surface area contributed by atoms with Gasteiger partial charge in [0, 0.05) is 17.5 Å². The van der Waals surface area contributed by atoms with E-state index in [1.165, 1.54) is 23.5 Å². The Kier molecular flexibility index (Phi) is 4.60. The van der Waals surface area contributed by atoms with Crippen molar-refractivity contribution in [3.05, 3.63) is 40.9 Å². The summed E-state index contributed by atoms with van der Waals surface area (Å²) in [6.45, 7) is 1.15. The molecule has 0 aliphatic carbocycles. The van der Waals surface area contributed by atoms with Crippen LogP contribution in [0.3, 0.4) is 0 Å².